The Kier molecular flexibility index (Phi) is 5.58. The van der Waals surface area contributed by atoms with Crippen LogP contribution in [0.2, 0.25) is 0 Å². The molecule has 0 radical (unpaired) electrons. The molecule has 4 heteroatoms. The highest BCUT2D eigenvalue weighted by Crippen LogP contribution is 2.22. The van der Waals surface area contributed by atoms with Crippen molar-refractivity contribution >= 4 is 5.91 Å². The molecule has 0 unspecified atom stereocenters. The standard InChI is InChI=1S/C24H26N2O2/c1-18-4-10-21(11-5-18)23-13-12-22(28-23)16-25-15-19-6-8-20(9-7-19)17-26-14-2-3-24(26)27/h4-13,25H,2-3,14-17H2,1H3. The van der Waals surface area contributed by atoms with Gasteiger partial charge in [-0.2, -0.15) is 0 Å². The van der Waals surface area contributed by atoms with E-state index in [1.807, 2.05) is 17.0 Å². The molecule has 4 rings (SSSR count). The fourth-order valence-electron chi connectivity index (χ4n) is 3.53. The van der Waals surface area contributed by atoms with Crippen molar-refractivity contribution in [3.63, 3.8) is 0 Å². The SMILES string of the molecule is Cc1ccc(-c2ccc(CNCc3ccc(CN4CCCC4=O)cc3)o2)cc1. The molecule has 28 heavy (non-hydrogen) atoms. The Hall–Kier alpha value is -2.85. The number of nitrogens with zero attached hydrogens (tertiary/aromatic N) is 1. The summed E-state index contributed by atoms with van der Waals surface area (Å²) in [5, 5.41) is 3.43. The van der Waals surface area contributed by atoms with Gasteiger partial charge in [-0.3, -0.25) is 4.79 Å². The molecule has 0 atom stereocenters. The van der Waals surface area contributed by atoms with Crippen LogP contribution in [0.15, 0.2) is 65.1 Å². The van der Waals surface area contributed by atoms with E-state index in [4.69, 9.17) is 4.42 Å². The normalized spacial score (nSPS) is 14.0. The van der Waals surface area contributed by atoms with E-state index < -0.39 is 0 Å². The lowest BCUT2D eigenvalue weighted by atomic mass is 10.1. The van der Waals surface area contributed by atoms with E-state index in [9.17, 15) is 4.79 Å². The number of furan rings is 1. The third-order valence-electron chi connectivity index (χ3n) is 5.19. The van der Waals surface area contributed by atoms with Crippen LogP contribution in [0, 0.1) is 6.92 Å². The van der Waals surface area contributed by atoms with Gasteiger partial charge in [0.15, 0.2) is 0 Å². The van der Waals surface area contributed by atoms with Crippen molar-refractivity contribution in [1.82, 2.24) is 10.2 Å². The quantitative estimate of drug-likeness (QED) is 0.654. The molecule has 0 aliphatic carbocycles. The van der Waals surface area contributed by atoms with E-state index in [2.05, 4.69) is 60.8 Å². The molecule has 1 aliphatic heterocycles. The molecule has 0 saturated carbocycles. The number of amides is 1. The first-order valence-corrected chi connectivity index (χ1v) is 9.89. The monoisotopic (exact) mass is 374 g/mol. The Morgan fingerprint density at radius 1 is 0.929 bits per heavy atom. The highest BCUT2D eigenvalue weighted by atomic mass is 16.3. The van der Waals surface area contributed by atoms with Crippen molar-refractivity contribution < 1.29 is 9.21 Å². The summed E-state index contributed by atoms with van der Waals surface area (Å²) < 4.78 is 5.95. The fourth-order valence-corrected chi connectivity index (χ4v) is 3.53. The molecule has 0 bridgehead atoms. The second-order valence-corrected chi connectivity index (χ2v) is 7.47. The van der Waals surface area contributed by atoms with Crippen molar-refractivity contribution in [3.8, 4) is 11.3 Å². The molecule has 1 N–H and O–H groups in total. The Bertz CT molecular complexity index is 926. The molecule has 1 aromatic heterocycles. The minimum absolute atomic E-state index is 0.272. The fraction of sp³-hybridized carbons (Fsp3) is 0.292. The van der Waals surface area contributed by atoms with Crippen LogP contribution < -0.4 is 5.32 Å². The molecule has 2 aromatic carbocycles. The first-order valence-electron chi connectivity index (χ1n) is 9.89. The number of hydrogen-bond acceptors (Lipinski definition) is 3. The molecule has 3 aromatic rings. The van der Waals surface area contributed by atoms with E-state index >= 15 is 0 Å². The highest BCUT2D eigenvalue weighted by Gasteiger charge is 2.19. The summed E-state index contributed by atoms with van der Waals surface area (Å²) in [6.45, 7) is 5.16. The first kappa shape index (κ1) is 18.5. The predicted molar refractivity (Wildman–Crippen MR) is 111 cm³/mol. The molecular formula is C24H26N2O2. The Morgan fingerprint density at radius 2 is 1.68 bits per heavy atom. The van der Waals surface area contributed by atoms with Crippen LogP contribution in [-0.2, 0) is 24.4 Å². The van der Waals surface area contributed by atoms with Gasteiger partial charge in [-0.15, -0.1) is 0 Å². The van der Waals surface area contributed by atoms with Crippen LogP contribution in [0.3, 0.4) is 0 Å². The van der Waals surface area contributed by atoms with Crippen LogP contribution in [0.4, 0.5) is 0 Å². The molecule has 2 heterocycles. The van der Waals surface area contributed by atoms with Crippen molar-refractivity contribution in [2.45, 2.75) is 39.4 Å². The van der Waals surface area contributed by atoms with Gasteiger partial charge in [0.1, 0.15) is 11.5 Å². The number of rotatable bonds is 7. The zero-order valence-electron chi connectivity index (χ0n) is 16.3. The minimum atomic E-state index is 0.272. The molecule has 1 saturated heterocycles. The summed E-state index contributed by atoms with van der Waals surface area (Å²) >= 11 is 0. The molecule has 0 spiro atoms. The molecule has 1 amide bonds. The van der Waals surface area contributed by atoms with Crippen molar-refractivity contribution in [2.75, 3.05) is 6.54 Å². The van der Waals surface area contributed by atoms with Crippen LogP contribution in [-0.4, -0.2) is 17.4 Å². The highest BCUT2D eigenvalue weighted by molar-refractivity contribution is 5.78. The summed E-state index contributed by atoms with van der Waals surface area (Å²) in [6.07, 6.45) is 1.68. The maximum atomic E-state index is 11.7. The van der Waals surface area contributed by atoms with E-state index in [0.717, 1.165) is 43.1 Å². The number of hydrogen-bond donors (Lipinski definition) is 1. The minimum Gasteiger partial charge on any atom is -0.460 e. The summed E-state index contributed by atoms with van der Waals surface area (Å²) in [5.74, 6) is 2.10. The molecule has 4 nitrogen and oxygen atoms in total. The van der Waals surface area contributed by atoms with Gasteiger partial charge in [0, 0.05) is 31.6 Å². The molecular weight excluding hydrogens is 348 g/mol. The van der Waals surface area contributed by atoms with E-state index in [1.165, 1.54) is 16.7 Å². The van der Waals surface area contributed by atoms with E-state index in [-0.39, 0.29) is 5.91 Å². The summed E-state index contributed by atoms with van der Waals surface area (Å²) in [7, 11) is 0. The summed E-state index contributed by atoms with van der Waals surface area (Å²) in [6, 6.07) is 20.9. The van der Waals surface area contributed by atoms with Crippen LogP contribution >= 0.6 is 0 Å². The zero-order chi connectivity index (χ0) is 19.3. The smallest absolute Gasteiger partial charge is 0.222 e. The summed E-state index contributed by atoms with van der Waals surface area (Å²) in [5.41, 5.74) is 4.76. The zero-order valence-corrected chi connectivity index (χ0v) is 16.3. The average Bonchev–Trinajstić information content (AvgIpc) is 3.33. The van der Waals surface area contributed by atoms with Crippen molar-refractivity contribution in [2.24, 2.45) is 0 Å². The Balaban J connectivity index is 1.27. The number of likely N-dealkylation sites (tertiary alicyclic amines) is 1. The molecule has 1 fully saturated rings. The predicted octanol–water partition coefficient (Wildman–Crippen LogP) is 4.67. The maximum absolute atomic E-state index is 11.7. The van der Waals surface area contributed by atoms with Gasteiger partial charge >= 0.3 is 0 Å². The Labute approximate surface area is 166 Å². The second-order valence-electron chi connectivity index (χ2n) is 7.47. The van der Waals surface area contributed by atoms with Gasteiger partial charge in [-0.25, -0.2) is 0 Å². The maximum Gasteiger partial charge on any atom is 0.222 e. The number of carbonyl (C=O) groups is 1. The van der Waals surface area contributed by atoms with Crippen LogP contribution in [0.25, 0.3) is 11.3 Å². The van der Waals surface area contributed by atoms with Crippen LogP contribution in [0.1, 0.15) is 35.3 Å². The Morgan fingerprint density at radius 3 is 2.39 bits per heavy atom. The van der Waals surface area contributed by atoms with Crippen molar-refractivity contribution in [3.05, 3.63) is 83.1 Å². The van der Waals surface area contributed by atoms with Crippen LogP contribution in [0.5, 0.6) is 0 Å². The average molecular weight is 374 g/mol. The second kappa shape index (κ2) is 8.44. The molecule has 144 valence electrons. The van der Waals surface area contributed by atoms with Gasteiger partial charge in [-0.05, 0) is 36.6 Å². The largest absolute Gasteiger partial charge is 0.460 e. The number of nitrogens with one attached hydrogen (secondary N) is 1. The van der Waals surface area contributed by atoms with Gasteiger partial charge < -0.3 is 14.6 Å². The number of aryl methyl sites for hydroxylation is 1. The van der Waals surface area contributed by atoms with Gasteiger partial charge in [0.25, 0.3) is 0 Å². The number of carbonyl (C=O) groups excluding carboxylic acids is 1. The lowest BCUT2D eigenvalue weighted by Gasteiger charge is -2.15. The lowest BCUT2D eigenvalue weighted by molar-refractivity contribution is -0.128. The number of benzene rings is 2. The van der Waals surface area contributed by atoms with E-state index in [1.54, 1.807) is 0 Å². The topological polar surface area (TPSA) is 45.5 Å². The first-order chi connectivity index (χ1) is 13.7. The summed E-state index contributed by atoms with van der Waals surface area (Å²) in [4.78, 5) is 13.7. The van der Waals surface area contributed by atoms with E-state index in [0.29, 0.717) is 13.0 Å². The van der Waals surface area contributed by atoms with Gasteiger partial charge in [0.2, 0.25) is 5.91 Å². The lowest BCUT2D eigenvalue weighted by Crippen LogP contribution is -2.23. The van der Waals surface area contributed by atoms with Crippen molar-refractivity contribution in [1.29, 1.82) is 0 Å². The third-order valence-corrected chi connectivity index (χ3v) is 5.19. The molecule has 1 aliphatic rings. The van der Waals surface area contributed by atoms with Gasteiger partial charge in [-0.1, -0.05) is 54.1 Å². The van der Waals surface area contributed by atoms with Gasteiger partial charge in [0.05, 0.1) is 6.54 Å². The third kappa shape index (κ3) is 4.52.